The fraction of sp³-hybridized carbons (Fsp3) is 0.278. The fourth-order valence-corrected chi connectivity index (χ4v) is 4.35. The number of hydrogen-bond donors (Lipinski definition) is 0. The molecule has 3 saturated carbocycles. The van der Waals surface area contributed by atoms with E-state index in [2.05, 4.69) is 41.3 Å². The molecular formula is C18H15NO. The second-order valence-electron chi connectivity index (χ2n) is 5.69. The lowest BCUT2D eigenvalue weighted by molar-refractivity contribution is 0.241. The predicted octanol–water partition coefficient (Wildman–Crippen LogP) is 3.17. The molecule has 98 valence electrons. The molecule has 1 heterocycles. The molecule has 2 nitrogen and oxygen atoms in total. The van der Waals surface area contributed by atoms with E-state index in [4.69, 9.17) is 0 Å². The van der Waals surface area contributed by atoms with Crippen LogP contribution in [0.2, 0.25) is 0 Å². The van der Waals surface area contributed by atoms with Crippen LogP contribution in [0.25, 0.3) is 0 Å². The van der Waals surface area contributed by atoms with Crippen LogP contribution < -0.4 is 0 Å². The van der Waals surface area contributed by atoms with Gasteiger partial charge in [0.2, 0.25) is 0 Å². The number of hydrogen-bond acceptors (Lipinski definition) is 2. The Kier molecular flexibility index (Phi) is 2.42. The summed E-state index contributed by atoms with van der Waals surface area (Å²) in [6.07, 6.45) is 3.99. The molecule has 0 saturated heterocycles. The van der Waals surface area contributed by atoms with Gasteiger partial charge >= 0.3 is 0 Å². The molecule has 2 heteroatoms. The Morgan fingerprint density at radius 3 is 2.30 bits per heavy atom. The maximum Gasteiger partial charge on any atom is 0.124 e. The van der Waals surface area contributed by atoms with E-state index in [0.29, 0.717) is 0 Å². The highest BCUT2D eigenvalue weighted by molar-refractivity contribution is 5.66. The Balaban J connectivity index is 1.96. The quantitative estimate of drug-likeness (QED) is 0.777. The van der Waals surface area contributed by atoms with Gasteiger partial charge in [-0.1, -0.05) is 36.4 Å². The lowest BCUT2D eigenvalue weighted by Crippen LogP contribution is -2.50. The summed E-state index contributed by atoms with van der Waals surface area (Å²) in [6, 6.07) is 16.6. The van der Waals surface area contributed by atoms with E-state index in [0.717, 1.165) is 24.1 Å². The van der Waals surface area contributed by atoms with E-state index in [1.807, 2.05) is 24.4 Å². The third kappa shape index (κ3) is 1.25. The van der Waals surface area contributed by atoms with Crippen molar-refractivity contribution in [1.29, 1.82) is 0 Å². The van der Waals surface area contributed by atoms with Crippen LogP contribution in [0.4, 0.5) is 0 Å². The molecule has 1 unspecified atom stereocenters. The molecule has 5 rings (SSSR count). The first-order valence-corrected chi connectivity index (χ1v) is 7.11. The van der Waals surface area contributed by atoms with E-state index >= 15 is 0 Å². The minimum Gasteiger partial charge on any atom is -0.260 e. The van der Waals surface area contributed by atoms with Crippen LogP contribution in [-0.2, 0) is 10.2 Å². The maximum atomic E-state index is 11.2. The van der Waals surface area contributed by atoms with Gasteiger partial charge in [0.1, 0.15) is 5.94 Å². The van der Waals surface area contributed by atoms with Crippen LogP contribution in [0.1, 0.15) is 24.1 Å². The predicted molar refractivity (Wildman–Crippen MR) is 76.9 cm³/mol. The van der Waals surface area contributed by atoms with E-state index in [9.17, 15) is 4.79 Å². The molecule has 0 amide bonds. The van der Waals surface area contributed by atoms with E-state index in [1.165, 1.54) is 5.56 Å². The van der Waals surface area contributed by atoms with Gasteiger partial charge in [0, 0.05) is 23.6 Å². The third-order valence-electron chi connectivity index (χ3n) is 5.05. The van der Waals surface area contributed by atoms with Crippen molar-refractivity contribution in [1.82, 2.24) is 4.98 Å². The Morgan fingerprint density at radius 2 is 1.70 bits per heavy atom. The van der Waals surface area contributed by atoms with Gasteiger partial charge < -0.3 is 0 Å². The molecule has 3 atom stereocenters. The normalized spacial score (nSPS) is 30.7. The van der Waals surface area contributed by atoms with E-state index in [1.54, 1.807) is 0 Å². The van der Waals surface area contributed by atoms with E-state index < -0.39 is 0 Å². The molecule has 3 aliphatic rings. The molecular weight excluding hydrogens is 246 g/mol. The maximum absolute atomic E-state index is 11.2. The number of pyridine rings is 1. The molecule has 3 aliphatic carbocycles. The van der Waals surface area contributed by atoms with Crippen molar-refractivity contribution in [2.45, 2.75) is 18.3 Å². The van der Waals surface area contributed by atoms with Crippen LogP contribution in [0.15, 0.2) is 60.3 Å². The van der Waals surface area contributed by atoms with Gasteiger partial charge in [-0.15, -0.1) is 0 Å². The van der Waals surface area contributed by atoms with Crippen LogP contribution >= 0.6 is 0 Å². The highest BCUT2D eigenvalue weighted by Gasteiger charge is 2.65. The third-order valence-corrected chi connectivity index (χ3v) is 5.05. The van der Waals surface area contributed by atoms with Crippen molar-refractivity contribution in [3.05, 3.63) is 71.6 Å². The zero-order valence-electron chi connectivity index (χ0n) is 11.1. The highest BCUT2D eigenvalue weighted by Crippen LogP contribution is 2.67. The largest absolute Gasteiger partial charge is 0.260 e. The van der Waals surface area contributed by atoms with Gasteiger partial charge in [0.05, 0.1) is 11.1 Å². The monoisotopic (exact) mass is 261 g/mol. The first-order valence-electron chi connectivity index (χ1n) is 7.11. The summed E-state index contributed by atoms with van der Waals surface area (Å²) in [5.74, 6) is 2.76. The number of fused-ring (bicyclic) bond motifs is 1. The number of carbonyl (C=O) groups excluding carboxylic acids is 1. The topological polar surface area (TPSA) is 30.0 Å². The molecule has 0 aliphatic heterocycles. The number of benzene rings is 1. The molecule has 20 heavy (non-hydrogen) atoms. The molecule has 0 spiro atoms. The van der Waals surface area contributed by atoms with Gasteiger partial charge in [-0.05, 0) is 30.5 Å². The zero-order valence-corrected chi connectivity index (χ0v) is 11.1. The smallest absolute Gasteiger partial charge is 0.124 e. The molecule has 2 aromatic rings. The molecule has 3 fully saturated rings. The van der Waals surface area contributed by atoms with Crippen molar-refractivity contribution in [2.24, 2.45) is 11.8 Å². The van der Waals surface area contributed by atoms with Crippen LogP contribution in [0.3, 0.4) is 0 Å². The Morgan fingerprint density at radius 1 is 1.00 bits per heavy atom. The lowest BCUT2D eigenvalue weighted by Gasteiger charge is -2.50. The summed E-state index contributed by atoms with van der Waals surface area (Å²) in [7, 11) is 0. The van der Waals surface area contributed by atoms with Crippen LogP contribution in [0.5, 0.6) is 0 Å². The summed E-state index contributed by atoms with van der Waals surface area (Å²) < 4.78 is 0. The number of aromatic nitrogens is 1. The van der Waals surface area contributed by atoms with Gasteiger partial charge in [-0.3, -0.25) is 4.98 Å². The summed E-state index contributed by atoms with van der Waals surface area (Å²) in [4.78, 5) is 15.8. The molecule has 1 aromatic heterocycles. The van der Waals surface area contributed by atoms with Crippen molar-refractivity contribution < 1.29 is 4.79 Å². The average Bonchev–Trinajstić information content (AvgIpc) is 3.11. The van der Waals surface area contributed by atoms with E-state index in [-0.39, 0.29) is 17.3 Å². The second kappa shape index (κ2) is 4.16. The van der Waals surface area contributed by atoms with Crippen LogP contribution in [-0.4, -0.2) is 10.9 Å². The summed E-state index contributed by atoms with van der Waals surface area (Å²) >= 11 is 0. The average molecular weight is 261 g/mol. The van der Waals surface area contributed by atoms with Gasteiger partial charge in [-0.25, -0.2) is 4.79 Å². The zero-order chi connectivity index (χ0) is 13.6. The Bertz CT molecular complexity index is 630. The minimum absolute atomic E-state index is 0.102. The lowest BCUT2D eigenvalue weighted by atomic mass is 9.51. The number of rotatable bonds is 2. The summed E-state index contributed by atoms with van der Waals surface area (Å²) in [6.45, 7) is 0. The Hall–Kier alpha value is -2.18. The van der Waals surface area contributed by atoms with Crippen molar-refractivity contribution >= 4 is 5.94 Å². The standard InChI is InChI=1S/C18H15NO/c20-12-14-15-9-10-16(14)18(15,13-6-2-1-3-7-13)17-8-4-5-11-19-17/h1-8,11,15-16H,9-10H2/t15-,16+,18?. The first-order chi connectivity index (χ1) is 9.89. The number of allylic oxidation sites excluding steroid dienone is 1. The number of nitrogens with zero attached hydrogens (tertiary/aromatic N) is 1. The summed E-state index contributed by atoms with van der Waals surface area (Å²) in [5.41, 5.74) is 3.25. The first kappa shape index (κ1) is 11.6. The molecule has 0 radical (unpaired) electrons. The SMILES string of the molecule is O=C=C1[C@H]2CC[C@@H]1C2(c1ccccc1)c1ccccn1. The van der Waals surface area contributed by atoms with Crippen molar-refractivity contribution in [3.8, 4) is 0 Å². The van der Waals surface area contributed by atoms with Crippen molar-refractivity contribution in [3.63, 3.8) is 0 Å². The highest BCUT2D eigenvalue weighted by atomic mass is 16.1. The minimum atomic E-state index is -0.102. The fourth-order valence-electron chi connectivity index (χ4n) is 4.35. The second-order valence-corrected chi connectivity index (χ2v) is 5.69. The molecule has 2 bridgehead atoms. The summed E-state index contributed by atoms with van der Waals surface area (Å²) in [5, 5.41) is 0. The molecule has 1 aromatic carbocycles. The van der Waals surface area contributed by atoms with Crippen LogP contribution in [0, 0.1) is 11.8 Å². The van der Waals surface area contributed by atoms with Gasteiger partial charge in [0.25, 0.3) is 0 Å². The Labute approximate surface area is 118 Å². The van der Waals surface area contributed by atoms with Gasteiger partial charge in [0.15, 0.2) is 0 Å². The van der Waals surface area contributed by atoms with Gasteiger partial charge in [-0.2, -0.15) is 0 Å². The molecule has 0 N–H and O–H groups in total. The van der Waals surface area contributed by atoms with Crippen molar-refractivity contribution in [2.75, 3.05) is 0 Å².